The number of halogens is 3. The van der Waals surface area contributed by atoms with Crippen molar-refractivity contribution in [2.75, 3.05) is 23.8 Å². The Morgan fingerprint density at radius 2 is 1.61 bits per heavy atom. The number of carbonyl (C=O) groups excluding carboxylic acids is 1. The third-order valence-corrected chi connectivity index (χ3v) is 6.30. The number of amides is 1. The third kappa shape index (κ3) is 5.95. The molecular formula is C22H19F3N2O5S. The van der Waals surface area contributed by atoms with Crippen molar-refractivity contribution in [3.8, 4) is 11.5 Å². The molecule has 174 valence electrons. The van der Waals surface area contributed by atoms with Crippen LogP contribution < -0.4 is 19.1 Å². The summed E-state index contributed by atoms with van der Waals surface area (Å²) in [5.74, 6) is -0.644. The molecule has 7 nitrogen and oxygen atoms in total. The van der Waals surface area contributed by atoms with Crippen LogP contribution in [0, 0.1) is 0 Å². The topological polar surface area (TPSA) is 84.9 Å². The van der Waals surface area contributed by atoms with E-state index >= 15 is 0 Å². The maximum absolute atomic E-state index is 13.0. The Balaban J connectivity index is 1.81. The Kier molecular flexibility index (Phi) is 6.82. The zero-order chi connectivity index (χ0) is 24.2. The molecular weight excluding hydrogens is 461 g/mol. The Labute approximate surface area is 188 Å². The Morgan fingerprint density at radius 1 is 0.939 bits per heavy atom. The fraction of sp³-hybridized carbons (Fsp3) is 0.136. The first-order valence-corrected chi connectivity index (χ1v) is 10.8. The molecule has 3 aromatic carbocycles. The molecule has 0 saturated heterocycles. The number of sulfonamides is 1. The highest BCUT2D eigenvalue weighted by molar-refractivity contribution is 7.92. The standard InChI is InChI=1S/C22H19F3N2O5S/c1-27(17-9-11-18(31-2)12-10-17)33(29,30)20-8-3-5-15(13-20)21(28)26-16-6-4-7-19(14-16)32-22(23,24)25/h3-14H,1-2H3,(H,26,28). The molecule has 11 heteroatoms. The summed E-state index contributed by atoms with van der Waals surface area (Å²) in [5.41, 5.74) is 0.429. The lowest BCUT2D eigenvalue weighted by atomic mass is 10.2. The average Bonchev–Trinajstić information content (AvgIpc) is 2.77. The Hall–Kier alpha value is -3.73. The molecule has 0 fully saturated rings. The second-order valence-electron chi connectivity index (χ2n) is 6.73. The van der Waals surface area contributed by atoms with Crippen LogP contribution in [0.5, 0.6) is 11.5 Å². The van der Waals surface area contributed by atoms with E-state index in [9.17, 15) is 26.4 Å². The molecule has 0 heterocycles. The third-order valence-electron chi connectivity index (χ3n) is 4.52. The molecule has 1 N–H and O–H groups in total. The summed E-state index contributed by atoms with van der Waals surface area (Å²) in [6.07, 6.45) is -4.87. The lowest BCUT2D eigenvalue weighted by Gasteiger charge is -2.20. The number of nitrogens with zero attached hydrogens (tertiary/aromatic N) is 1. The average molecular weight is 480 g/mol. The van der Waals surface area contributed by atoms with Crippen LogP contribution in [0.25, 0.3) is 0 Å². The van der Waals surface area contributed by atoms with Gasteiger partial charge in [-0.25, -0.2) is 8.42 Å². The summed E-state index contributed by atoms with van der Waals surface area (Å²) in [4.78, 5) is 12.5. The van der Waals surface area contributed by atoms with Crippen LogP contribution >= 0.6 is 0 Å². The summed E-state index contributed by atoms with van der Waals surface area (Å²) >= 11 is 0. The van der Waals surface area contributed by atoms with Crippen molar-refractivity contribution in [1.82, 2.24) is 0 Å². The van der Waals surface area contributed by atoms with E-state index in [4.69, 9.17) is 4.74 Å². The van der Waals surface area contributed by atoms with Gasteiger partial charge >= 0.3 is 6.36 Å². The minimum absolute atomic E-state index is 0.00125. The predicted octanol–water partition coefficient (Wildman–Crippen LogP) is 4.67. The zero-order valence-corrected chi connectivity index (χ0v) is 18.3. The van der Waals surface area contributed by atoms with Gasteiger partial charge in [-0.3, -0.25) is 9.10 Å². The van der Waals surface area contributed by atoms with E-state index in [-0.39, 0.29) is 16.1 Å². The van der Waals surface area contributed by atoms with Crippen LogP contribution in [0.1, 0.15) is 10.4 Å². The lowest BCUT2D eigenvalue weighted by Crippen LogP contribution is -2.26. The molecule has 0 aliphatic rings. The summed E-state index contributed by atoms with van der Waals surface area (Å²) < 4.78 is 73.2. The smallest absolute Gasteiger partial charge is 0.497 e. The van der Waals surface area contributed by atoms with Crippen molar-refractivity contribution < 1.29 is 35.9 Å². The second kappa shape index (κ2) is 9.41. The second-order valence-corrected chi connectivity index (χ2v) is 8.70. The summed E-state index contributed by atoms with van der Waals surface area (Å²) in [6, 6.07) is 16.4. The van der Waals surface area contributed by atoms with Gasteiger partial charge in [-0.05, 0) is 54.6 Å². The zero-order valence-electron chi connectivity index (χ0n) is 17.5. The number of anilines is 2. The van der Waals surface area contributed by atoms with Gasteiger partial charge in [0, 0.05) is 24.4 Å². The van der Waals surface area contributed by atoms with Crippen LogP contribution in [0.3, 0.4) is 0 Å². The number of carbonyl (C=O) groups is 1. The van der Waals surface area contributed by atoms with E-state index in [1.165, 1.54) is 50.6 Å². The highest BCUT2D eigenvalue weighted by Gasteiger charge is 2.31. The van der Waals surface area contributed by atoms with Crippen molar-refractivity contribution in [2.45, 2.75) is 11.3 Å². The number of alkyl halides is 3. The Morgan fingerprint density at radius 3 is 2.24 bits per heavy atom. The van der Waals surface area contributed by atoms with Gasteiger partial charge in [0.25, 0.3) is 15.9 Å². The number of hydrogen-bond acceptors (Lipinski definition) is 5. The summed E-state index contributed by atoms with van der Waals surface area (Å²) in [5, 5.41) is 2.43. The van der Waals surface area contributed by atoms with Crippen molar-refractivity contribution in [3.05, 3.63) is 78.4 Å². The maximum atomic E-state index is 13.0. The molecule has 0 unspecified atom stereocenters. The predicted molar refractivity (Wildman–Crippen MR) is 116 cm³/mol. The molecule has 0 aromatic heterocycles. The van der Waals surface area contributed by atoms with E-state index in [1.807, 2.05) is 0 Å². The van der Waals surface area contributed by atoms with Gasteiger partial charge in [0.15, 0.2) is 0 Å². The molecule has 0 spiro atoms. The monoisotopic (exact) mass is 480 g/mol. The molecule has 3 rings (SSSR count). The molecule has 0 atom stereocenters. The molecule has 3 aromatic rings. The first-order valence-electron chi connectivity index (χ1n) is 9.40. The van der Waals surface area contributed by atoms with Gasteiger partial charge in [0.1, 0.15) is 11.5 Å². The van der Waals surface area contributed by atoms with Crippen molar-refractivity contribution in [3.63, 3.8) is 0 Å². The van der Waals surface area contributed by atoms with Crippen molar-refractivity contribution in [1.29, 1.82) is 0 Å². The summed E-state index contributed by atoms with van der Waals surface area (Å²) in [6.45, 7) is 0. The Bertz CT molecular complexity index is 1250. The quantitative estimate of drug-likeness (QED) is 0.531. The van der Waals surface area contributed by atoms with Crippen LogP contribution in [0.4, 0.5) is 24.5 Å². The van der Waals surface area contributed by atoms with Crippen molar-refractivity contribution >= 4 is 27.3 Å². The molecule has 1 amide bonds. The van der Waals surface area contributed by atoms with Gasteiger partial charge < -0.3 is 14.8 Å². The molecule has 0 aliphatic carbocycles. The van der Waals surface area contributed by atoms with E-state index in [0.717, 1.165) is 16.4 Å². The first-order chi connectivity index (χ1) is 15.5. The molecule has 0 radical (unpaired) electrons. The summed E-state index contributed by atoms with van der Waals surface area (Å²) in [7, 11) is -1.14. The minimum Gasteiger partial charge on any atom is -0.497 e. The number of methoxy groups -OCH3 is 1. The fourth-order valence-corrected chi connectivity index (χ4v) is 4.10. The van der Waals surface area contributed by atoms with Crippen LogP contribution in [0.2, 0.25) is 0 Å². The van der Waals surface area contributed by atoms with Crippen LogP contribution in [-0.2, 0) is 10.0 Å². The van der Waals surface area contributed by atoms with E-state index in [1.54, 1.807) is 24.3 Å². The molecule has 0 saturated carbocycles. The minimum atomic E-state index is -4.87. The number of hydrogen-bond donors (Lipinski definition) is 1. The molecule has 33 heavy (non-hydrogen) atoms. The van der Waals surface area contributed by atoms with Gasteiger partial charge in [-0.15, -0.1) is 13.2 Å². The van der Waals surface area contributed by atoms with Gasteiger partial charge in [-0.2, -0.15) is 0 Å². The van der Waals surface area contributed by atoms with Gasteiger partial charge in [0.05, 0.1) is 17.7 Å². The normalized spacial score (nSPS) is 11.5. The molecule has 0 aliphatic heterocycles. The van der Waals surface area contributed by atoms with Crippen LogP contribution in [-0.4, -0.2) is 34.8 Å². The highest BCUT2D eigenvalue weighted by atomic mass is 32.2. The van der Waals surface area contributed by atoms with Gasteiger partial charge in [0.2, 0.25) is 0 Å². The largest absolute Gasteiger partial charge is 0.573 e. The number of benzene rings is 3. The van der Waals surface area contributed by atoms with E-state index < -0.39 is 28.0 Å². The maximum Gasteiger partial charge on any atom is 0.573 e. The SMILES string of the molecule is COc1ccc(N(C)S(=O)(=O)c2cccc(C(=O)Nc3cccc(OC(F)(F)F)c3)c2)cc1. The number of ether oxygens (including phenoxy) is 2. The lowest BCUT2D eigenvalue weighted by molar-refractivity contribution is -0.274. The van der Waals surface area contributed by atoms with Crippen LogP contribution in [0.15, 0.2) is 77.7 Å². The fourth-order valence-electron chi connectivity index (χ4n) is 2.86. The van der Waals surface area contributed by atoms with E-state index in [2.05, 4.69) is 10.1 Å². The van der Waals surface area contributed by atoms with Crippen molar-refractivity contribution in [2.24, 2.45) is 0 Å². The first kappa shape index (κ1) is 23.9. The number of rotatable bonds is 7. The molecule has 0 bridgehead atoms. The highest BCUT2D eigenvalue weighted by Crippen LogP contribution is 2.27. The van der Waals surface area contributed by atoms with Gasteiger partial charge in [-0.1, -0.05) is 12.1 Å². The van der Waals surface area contributed by atoms with E-state index in [0.29, 0.717) is 11.4 Å². The number of nitrogens with one attached hydrogen (secondary N) is 1.